The number of sulfonamides is 1. The molecule has 0 amide bonds. The van der Waals surface area contributed by atoms with Gasteiger partial charge in [-0.15, -0.1) is 0 Å². The van der Waals surface area contributed by atoms with Gasteiger partial charge in [0.15, 0.2) is 0 Å². The van der Waals surface area contributed by atoms with Gasteiger partial charge >= 0.3 is 0 Å². The van der Waals surface area contributed by atoms with Crippen LogP contribution in [0.15, 0.2) is 26.0 Å². The van der Waals surface area contributed by atoms with E-state index in [1.165, 1.54) is 0 Å². The van der Waals surface area contributed by atoms with E-state index in [2.05, 4.69) is 36.6 Å². The highest BCUT2D eigenvalue weighted by atomic mass is 79.9. The Hall–Kier alpha value is -0.110. The van der Waals surface area contributed by atoms with Crippen molar-refractivity contribution in [2.75, 3.05) is 12.3 Å². The fourth-order valence-corrected chi connectivity index (χ4v) is 5.19. The third-order valence-corrected chi connectivity index (χ3v) is 5.85. The van der Waals surface area contributed by atoms with Crippen molar-refractivity contribution < 1.29 is 8.42 Å². The summed E-state index contributed by atoms with van der Waals surface area (Å²) in [4.78, 5) is 0.201. The van der Waals surface area contributed by atoms with Crippen LogP contribution in [-0.2, 0) is 10.0 Å². The monoisotopic (exact) mass is 382 g/mol. The second-order valence-electron chi connectivity index (χ2n) is 4.11. The molecule has 0 aromatic heterocycles. The van der Waals surface area contributed by atoms with E-state index in [1.54, 1.807) is 12.1 Å². The van der Waals surface area contributed by atoms with E-state index in [9.17, 15) is 8.42 Å². The molecule has 1 saturated carbocycles. The summed E-state index contributed by atoms with van der Waals surface area (Å²) in [5.74, 6) is 0.496. The summed E-state index contributed by atoms with van der Waals surface area (Å²) in [5.41, 5.74) is 6.13. The maximum absolute atomic E-state index is 12.1. The molecule has 1 aliphatic rings. The largest absolute Gasteiger partial charge is 0.399 e. The Balaban J connectivity index is 2.31. The molecule has 1 fully saturated rings. The van der Waals surface area contributed by atoms with E-state index in [-0.39, 0.29) is 4.90 Å². The molecule has 1 aliphatic carbocycles. The first-order valence-corrected chi connectivity index (χ1v) is 8.21. The number of nitrogens with two attached hydrogens (primary N) is 1. The molecule has 1 aromatic rings. The maximum Gasteiger partial charge on any atom is 0.242 e. The minimum Gasteiger partial charge on any atom is -0.399 e. The van der Waals surface area contributed by atoms with Crippen LogP contribution in [0.4, 0.5) is 5.69 Å². The van der Waals surface area contributed by atoms with Crippen molar-refractivity contribution >= 4 is 47.6 Å². The number of anilines is 1. The summed E-state index contributed by atoms with van der Waals surface area (Å²) in [6, 6.07) is 3.16. The SMILES string of the molecule is Nc1cc(Br)c(S(=O)(=O)NCC2CC2)c(Br)c1. The molecule has 0 heterocycles. The molecule has 0 spiro atoms. The average molecular weight is 384 g/mol. The molecule has 0 radical (unpaired) electrons. The van der Waals surface area contributed by atoms with E-state index >= 15 is 0 Å². The normalized spacial score (nSPS) is 16.1. The van der Waals surface area contributed by atoms with Gasteiger partial charge in [0.25, 0.3) is 0 Å². The Labute approximate surface area is 117 Å². The molecule has 7 heteroatoms. The van der Waals surface area contributed by atoms with Gasteiger partial charge in [-0.1, -0.05) is 0 Å². The summed E-state index contributed by atoms with van der Waals surface area (Å²) >= 11 is 6.45. The van der Waals surface area contributed by atoms with Crippen LogP contribution in [0.1, 0.15) is 12.8 Å². The second kappa shape index (κ2) is 4.87. The number of halogens is 2. The lowest BCUT2D eigenvalue weighted by atomic mass is 10.3. The van der Waals surface area contributed by atoms with Crippen LogP contribution >= 0.6 is 31.9 Å². The van der Waals surface area contributed by atoms with Gasteiger partial charge in [0.2, 0.25) is 10.0 Å². The Bertz CT molecular complexity index is 518. The molecule has 94 valence electrons. The zero-order valence-corrected chi connectivity index (χ0v) is 12.9. The fourth-order valence-electron chi connectivity index (χ4n) is 1.46. The number of benzene rings is 1. The minimum atomic E-state index is -3.49. The molecule has 0 saturated heterocycles. The van der Waals surface area contributed by atoms with Crippen LogP contribution in [0.3, 0.4) is 0 Å². The Morgan fingerprint density at radius 2 is 1.82 bits per heavy atom. The van der Waals surface area contributed by atoms with Crippen LogP contribution in [-0.4, -0.2) is 15.0 Å². The van der Waals surface area contributed by atoms with Crippen molar-refractivity contribution in [1.82, 2.24) is 4.72 Å². The van der Waals surface area contributed by atoms with Crippen molar-refractivity contribution in [2.24, 2.45) is 5.92 Å². The third kappa shape index (κ3) is 3.21. The zero-order chi connectivity index (χ0) is 12.6. The van der Waals surface area contributed by atoms with Gasteiger partial charge in [-0.25, -0.2) is 13.1 Å². The summed E-state index contributed by atoms with van der Waals surface area (Å²) in [7, 11) is -3.49. The Kier molecular flexibility index (Phi) is 3.82. The van der Waals surface area contributed by atoms with Crippen LogP contribution in [0.2, 0.25) is 0 Å². The number of nitrogen functional groups attached to an aromatic ring is 1. The lowest BCUT2D eigenvalue weighted by molar-refractivity contribution is 0.576. The van der Waals surface area contributed by atoms with E-state index in [0.29, 0.717) is 27.1 Å². The molecular formula is C10H12Br2N2O2S. The van der Waals surface area contributed by atoms with Gasteiger partial charge < -0.3 is 5.73 Å². The van der Waals surface area contributed by atoms with Gasteiger partial charge in [-0.05, 0) is 62.8 Å². The number of hydrogen-bond acceptors (Lipinski definition) is 3. The van der Waals surface area contributed by atoms with Crippen molar-refractivity contribution in [3.63, 3.8) is 0 Å². The number of rotatable bonds is 4. The highest BCUT2D eigenvalue weighted by molar-refractivity contribution is 9.11. The molecule has 17 heavy (non-hydrogen) atoms. The molecule has 3 N–H and O–H groups in total. The van der Waals surface area contributed by atoms with Crippen molar-refractivity contribution in [3.05, 3.63) is 21.1 Å². The van der Waals surface area contributed by atoms with Crippen LogP contribution in [0.25, 0.3) is 0 Å². The van der Waals surface area contributed by atoms with E-state index in [4.69, 9.17) is 5.73 Å². The first kappa shape index (κ1) is 13.3. The van der Waals surface area contributed by atoms with Crippen molar-refractivity contribution in [3.8, 4) is 0 Å². The minimum absolute atomic E-state index is 0.201. The molecule has 0 atom stereocenters. The predicted molar refractivity (Wildman–Crippen MR) is 74.2 cm³/mol. The number of nitrogens with one attached hydrogen (secondary N) is 1. The van der Waals surface area contributed by atoms with Crippen LogP contribution < -0.4 is 10.5 Å². The molecule has 0 unspecified atom stereocenters. The van der Waals surface area contributed by atoms with E-state index < -0.39 is 10.0 Å². The highest BCUT2D eigenvalue weighted by Gasteiger charge is 2.26. The van der Waals surface area contributed by atoms with Gasteiger partial charge in [-0.2, -0.15) is 0 Å². The fraction of sp³-hybridized carbons (Fsp3) is 0.400. The molecule has 1 aromatic carbocycles. The molecular weight excluding hydrogens is 372 g/mol. The second-order valence-corrected chi connectivity index (χ2v) is 7.52. The third-order valence-electron chi connectivity index (χ3n) is 2.55. The maximum atomic E-state index is 12.1. The Morgan fingerprint density at radius 1 is 1.29 bits per heavy atom. The Morgan fingerprint density at radius 3 is 2.29 bits per heavy atom. The predicted octanol–water partition coefficient (Wildman–Crippen LogP) is 2.48. The summed E-state index contributed by atoms with van der Waals surface area (Å²) in [6.07, 6.45) is 2.21. The summed E-state index contributed by atoms with van der Waals surface area (Å²) < 4.78 is 27.8. The summed E-state index contributed by atoms with van der Waals surface area (Å²) in [5, 5.41) is 0. The highest BCUT2D eigenvalue weighted by Crippen LogP contribution is 2.33. The summed E-state index contributed by atoms with van der Waals surface area (Å²) in [6.45, 7) is 0.506. The van der Waals surface area contributed by atoms with Gasteiger partial charge in [0, 0.05) is 21.2 Å². The lowest BCUT2D eigenvalue weighted by Crippen LogP contribution is -2.26. The van der Waals surface area contributed by atoms with E-state index in [0.717, 1.165) is 12.8 Å². The topological polar surface area (TPSA) is 72.2 Å². The van der Waals surface area contributed by atoms with E-state index in [1.807, 2.05) is 0 Å². The molecule has 4 nitrogen and oxygen atoms in total. The standard InChI is InChI=1S/C10H12Br2N2O2S/c11-8-3-7(13)4-9(12)10(8)17(15,16)14-5-6-1-2-6/h3-4,6,14H,1-2,5,13H2. The van der Waals surface area contributed by atoms with Gasteiger partial charge in [0.1, 0.15) is 4.90 Å². The molecule has 0 bridgehead atoms. The molecule has 2 rings (SSSR count). The number of hydrogen-bond donors (Lipinski definition) is 2. The van der Waals surface area contributed by atoms with Gasteiger partial charge in [0.05, 0.1) is 0 Å². The first-order chi connectivity index (χ1) is 7.90. The quantitative estimate of drug-likeness (QED) is 0.784. The van der Waals surface area contributed by atoms with Crippen molar-refractivity contribution in [1.29, 1.82) is 0 Å². The van der Waals surface area contributed by atoms with Gasteiger partial charge in [-0.3, -0.25) is 0 Å². The van der Waals surface area contributed by atoms with Crippen LogP contribution in [0, 0.1) is 5.92 Å². The lowest BCUT2D eigenvalue weighted by Gasteiger charge is -2.10. The smallest absolute Gasteiger partial charge is 0.242 e. The van der Waals surface area contributed by atoms with Crippen molar-refractivity contribution in [2.45, 2.75) is 17.7 Å². The average Bonchev–Trinajstić information content (AvgIpc) is 2.95. The van der Waals surface area contributed by atoms with Crippen LogP contribution in [0.5, 0.6) is 0 Å². The first-order valence-electron chi connectivity index (χ1n) is 5.14. The molecule has 0 aliphatic heterocycles. The zero-order valence-electron chi connectivity index (χ0n) is 8.91.